The van der Waals surface area contributed by atoms with E-state index in [-0.39, 0.29) is 46.5 Å². The van der Waals surface area contributed by atoms with Crippen LogP contribution in [0.15, 0.2) is 182 Å². The molecule has 0 unspecified atom stereocenters. The van der Waals surface area contributed by atoms with Gasteiger partial charge >= 0.3 is 0 Å². The standard InChI is InChI=1S/C46H30N2/c1-2-11-31(12-3-1)32-21-25-35(26-22-32)47-41-19-8-6-16-39(41)45-43(47)29-30-44-46(45)40-17-7-9-20-42(40)48(44)36-27-23-34(24-28-36)38-18-10-14-33-13-4-5-15-37(33)38/h1-30H/i4D,5D,10D,13D,14D,15D,18D. The second kappa shape index (κ2) is 10.6. The van der Waals surface area contributed by atoms with Crippen molar-refractivity contribution in [2.45, 2.75) is 0 Å². The summed E-state index contributed by atoms with van der Waals surface area (Å²) in [6, 6.07) is 45.3. The average molecular weight is 618 g/mol. The van der Waals surface area contributed by atoms with Gasteiger partial charge in [0, 0.05) is 32.9 Å². The number of fused-ring (bicyclic) bond motifs is 8. The predicted molar refractivity (Wildman–Crippen MR) is 203 cm³/mol. The average Bonchev–Trinajstić information content (AvgIpc) is 3.74. The molecule has 0 aliphatic rings. The highest BCUT2D eigenvalue weighted by Crippen LogP contribution is 2.42. The van der Waals surface area contributed by atoms with Crippen LogP contribution in [-0.4, -0.2) is 9.13 Å². The number of hydrogen-bond acceptors (Lipinski definition) is 0. The SMILES string of the molecule is [2H]c1c([2H])c([2H])c2c(-c3ccc(-n4c5ccccc5c5c6c7ccccc7n(-c7ccc(-c8ccccc8)cc7)c6ccc54)cc3)c([2H])c([2H])c([2H])c2c1[2H]. The molecule has 10 rings (SSSR count). The van der Waals surface area contributed by atoms with Crippen molar-refractivity contribution in [2.24, 2.45) is 0 Å². The maximum Gasteiger partial charge on any atom is 0.0629 e. The van der Waals surface area contributed by atoms with Gasteiger partial charge in [-0.15, -0.1) is 0 Å². The molecule has 2 heterocycles. The van der Waals surface area contributed by atoms with Crippen molar-refractivity contribution in [1.82, 2.24) is 9.13 Å². The lowest BCUT2D eigenvalue weighted by atomic mass is 9.98. The van der Waals surface area contributed by atoms with E-state index in [9.17, 15) is 0 Å². The van der Waals surface area contributed by atoms with Crippen molar-refractivity contribution in [3.8, 4) is 33.6 Å². The predicted octanol–water partition coefficient (Wildman–Crippen LogP) is 12.4. The van der Waals surface area contributed by atoms with E-state index in [0.717, 1.165) is 60.5 Å². The van der Waals surface area contributed by atoms with Crippen molar-refractivity contribution in [2.75, 3.05) is 0 Å². The van der Waals surface area contributed by atoms with Crippen LogP contribution in [0.4, 0.5) is 0 Å². The first-order valence-corrected chi connectivity index (χ1v) is 16.0. The number of para-hydroxylation sites is 2. The van der Waals surface area contributed by atoms with E-state index in [0.29, 0.717) is 5.56 Å². The maximum atomic E-state index is 8.85. The van der Waals surface area contributed by atoms with Crippen molar-refractivity contribution < 1.29 is 9.60 Å². The van der Waals surface area contributed by atoms with Crippen LogP contribution in [0.25, 0.3) is 88.0 Å². The Balaban J connectivity index is 1.18. The lowest BCUT2D eigenvalue weighted by Crippen LogP contribution is -1.95. The zero-order valence-electron chi connectivity index (χ0n) is 32.7. The minimum absolute atomic E-state index is 0.0520. The lowest BCUT2D eigenvalue weighted by molar-refractivity contribution is 1.17. The zero-order chi connectivity index (χ0) is 37.7. The summed E-state index contributed by atoms with van der Waals surface area (Å²) in [6.07, 6.45) is 0. The molecule has 0 bridgehead atoms. The molecule has 0 saturated carbocycles. The minimum Gasteiger partial charge on any atom is -0.309 e. The molecule has 0 saturated heterocycles. The van der Waals surface area contributed by atoms with Crippen LogP contribution in [0.1, 0.15) is 9.60 Å². The molecule has 2 nitrogen and oxygen atoms in total. The summed E-state index contributed by atoms with van der Waals surface area (Å²) in [7, 11) is 0. The molecular formula is C46H30N2. The van der Waals surface area contributed by atoms with E-state index in [4.69, 9.17) is 9.60 Å². The van der Waals surface area contributed by atoms with Gasteiger partial charge in [0.15, 0.2) is 0 Å². The number of nitrogens with zero attached hydrogens (tertiary/aromatic N) is 2. The monoisotopic (exact) mass is 617 g/mol. The molecule has 0 spiro atoms. The van der Waals surface area contributed by atoms with Gasteiger partial charge < -0.3 is 9.13 Å². The van der Waals surface area contributed by atoms with Crippen molar-refractivity contribution in [3.63, 3.8) is 0 Å². The lowest BCUT2D eigenvalue weighted by Gasteiger charge is -2.11. The topological polar surface area (TPSA) is 9.86 Å². The third-order valence-electron chi connectivity index (χ3n) is 9.43. The first kappa shape index (κ1) is 20.7. The molecule has 0 N–H and O–H groups in total. The summed E-state index contributed by atoms with van der Waals surface area (Å²) in [5, 5.41) is 4.57. The fraction of sp³-hybridized carbons (Fsp3) is 0. The Hall–Kier alpha value is -6.38. The summed E-state index contributed by atoms with van der Waals surface area (Å²) >= 11 is 0. The normalized spacial score (nSPS) is 13.8. The minimum atomic E-state index is -0.464. The van der Waals surface area contributed by atoms with Crippen LogP contribution < -0.4 is 0 Å². The summed E-state index contributed by atoms with van der Waals surface area (Å²) < 4.78 is 64.2. The summed E-state index contributed by atoms with van der Waals surface area (Å²) in [5.41, 5.74) is 9.28. The van der Waals surface area contributed by atoms with Gasteiger partial charge in [0.05, 0.1) is 31.7 Å². The number of aromatic nitrogens is 2. The molecular weight excluding hydrogens is 581 g/mol. The maximum absolute atomic E-state index is 8.85. The van der Waals surface area contributed by atoms with Crippen LogP contribution in [0.2, 0.25) is 0 Å². The van der Waals surface area contributed by atoms with Crippen LogP contribution in [0.3, 0.4) is 0 Å². The second-order valence-corrected chi connectivity index (χ2v) is 12.0. The summed E-state index contributed by atoms with van der Waals surface area (Å²) in [5.74, 6) is 0. The van der Waals surface area contributed by atoms with Crippen LogP contribution in [-0.2, 0) is 0 Å². The molecule has 0 atom stereocenters. The third kappa shape index (κ3) is 4.00. The van der Waals surface area contributed by atoms with Crippen molar-refractivity contribution in [1.29, 1.82) is 0 Å². The van der Waals surface area contributed by atoms with Crippen molar-refractivity contribution >= 4 is 54.4 Å². The van der Waals surface area contributed by atoms with Gasteiger partial charge in [-0.25, -0.2) is 0 Å². The third-order valence-corrected chi connectivity index (χ3v) is 9.43. The van der Waals surface area contributed by atoms with Gasteiger partial charge in [-0.3, -0.25) is 0 Å². The highest BCUT2D eigenvalue weighted by Gasteiger charge is 2.20. The molecule has 10 aromatic rings. The quantitative estimate of drug-likeness (QED) is 0.186. The Kier molecular flexibility index (Phi) is 4.56. The molecule has 2 heteroatoms. The van der Waals surface area contributed by atoms with Gasteiger partial charge in [-0.2, -0.15) is 0 Å². The van der Waals surface area contributed by atoms with Gasteiger partial charge in [0.25, 0.3) is 0 Å². The fourth-order valence-corrected chi connectivity index (χ4v) is 7.31. The second-order valence-electron chi connectivity index (χ2n) is 12.0. The van der Waals surface area contributed by atoms with E-state index >= 15 is 0 Å². The van der Waals surface area contributed by atoms with Gasteiger partial charge in [-0.1, -0.05) is 133 Å². The highest BCUT2D eigenvalue weighted by atomic mass is 15.0. The molecule has 0 aliphatic carbocycles. The van der Waals surface area contributed by atoms with E-state index in [1.165, 1.54) is 5.56 Å². The Morgan fingerprint density at radius 3 is 1.48 bits per heavy atom. The molecule has 0 aliphatic heterocycles. The molecule has 0 fully saturated rings. The number of hydrogen-bond donors (Lipinski definition) is 0. The van der Waals surface area contributed by atoms with Crippen molar-refractivity contribution in [3.05, 3.63) is 182 Å². The fourth-order valence-electron chi connectivity index (χ4n) is 7.31. The number of rotatable bonds is 4. The van der Waals surface area contributed by atoms with Crippen LogP contribution >= 0.6 is 0 Å². The highest BCUT2D eigenvalue weighted by molar-refractivity contribution is 6.28. The molecule has 2 aromatic heterocycles. The Bertz CT molecular complexity index is 3190. The van der Waals surface area contributed by atoms with Crippen LogP contribution in [0, 0.1) is 0 Å². The molecule has 48 heavy (non-hydrogen) atoms. The van der Waals surface area contributed by atoms with E-state index < -0.39 is 12.1 Å². The van der Waals surface area contributed by atoms with Crippen LogP contribution in [0.5, 0.6) is 0 Å². The molecule has 0 amide bonds. The largest absolute Gasteiger partial charge is 0.309 e. The van der Waals surface area contributed by atoms with E-state index in [2.05, 4.69) is 112 Å². The van der Waals surface area contributed by atoms with Gasteiger partial charge in [-0.05, 0) is 81.6 Å². The summed E-state index contributed by atoms with van der Waals surface area (Å²) in [4.78, 5) is 0. The van der Waals surface area contributed by atoms with E-state index in [1.54, 1.807) is 0 Å². The smallest absolute Gasteiger partial charge is 0.0629 e. The Morgan fingerprint density at radius 1 is 0.354 bits per heavy atom. The number of benzene rings is 8. The zero-order valence-corrected chi connectivity index (χ0v) is 25.7. The molecule has 8 aromatic carbocycles. The first-order valence-electron chi connectivity index (χ1n) is 19.5. The Morgan fingerprint density at radius 2 is 0.854 bits per heavy atom. The Labute approximate surface area is 288 Å². The first-order chi connectivity index (χ1) is 26.7. The van der Waals surface area contributed by atoms with Gasteiger partial charge in [0.2, 0.25) is 0 Å². The van der Waals surface area contributed by atoms with Gasteiger partial charge in [0.1, 0.15) is 0 Å². The molecule has 224 valence electrons. The summed E-state index contributed by atoms with van der Waals surface area (Å²) in [6.45, 7) is 0. The molecule has 0 radical (unpaired) electrons. The van der Waals surface area contributed by atoms with E-state index in [1.807, 2.05) is 36.4 Å².